The van der Waals surface area contributed by atoms with Crippen molar-refractivity contribution in [2.24, 2.45) is 5.73 Å². The van der Waals surface area contributed by atoms with Crippen LogP contribution in [-0.4, -0.2) is 11.8 Å². The molecule has 2 N–H and O–H groups in total. The Balaban J connectivity index is 2.11. The van der Waals surface area contributed by atoms with Crippen molar-refractivity contribution in [2.75, 3.05) is 0 Å². The second-order valence-corrected chi connectivity index (χ2v) is 4.52. The third kappa shape index (κ3) is 2.25. The molecule has 76 valence electrons. The van der Waals surface area contributed by atoms with E-state index in [4.69, 9.17) is 5.73 Å². The molecule has 1 aromatic carbocycles. The number of thioether (sulfide) groups is 1. The third-order valence-electron chi connectivity index (χ3n) is 2.35. The van der Waals surface area contributed by atoms with Gasteiger partial charge in [0.2, 0.25) is 0 Å². The van der Waals surface area contributed by atoms with Crippen LogP contribution in [0.15, 0.2) is 29.2 Å². The number of rotatable bonds is 3. The largest absolute Gasteiger partial charge is 0.327 e. The van der Waals surface area contributed by atoms with E-state index in [0.29, 0.717) is 22.6 Å². The van der Waals surface area contributed by atoms with Crippen molar-refractivity contribution in [2.45, 2.75) is 29.0 Å². The number of halogens is 2. The minimum absolute atomic E-state index is 0.224. The molecular weight excluding hydrogens is 204 g/mol. The van der Waals surface area contributed by atoms with E-state index >= 15 is 0 Å². The van der Waals surface area contributed by atoms with Crippen LogP contribution in [-0.2, 0) is 0 Å². The molecule has 2 rings (SSSR count). The van der Waals surface area contributed by atoms with Gasteiger partial charge in [-0.25, -0.2) is 0 Å². The van der Waals surface area contributed by atoms with Crippen LogP contribution in [0.2, 0.25) is 0 Å². The van der Waals surface area contributed by atoms with Gasteiger partial charge in [0.25, 0.3) is 5.76 Å². The van der Waals surface area contributed by atoms with Crippen LogP contribution >= 0.6 is 11.8 Å². The van der Waals surface area contributed by atoms with Gasteiger partial charge in [-0.05, 0) is 24.1 Å². The molecule has 0 aromatic heterocycles. The molecule has 1 fully saturated rings. The summed E-state index contributed by atoms with van der Waals surface area (Å²) >= 11 is 0.585. The van der Waals surface area contributed by atoms with Gasteiger partial charge in [-0.15, -0.1) is 0 Å². The van der Waals surface area contributed by atoms with Gasteiger partial charge in [-0.2, -0.15) is 8.78 Å². The first-order chi connectivity index (χ1) is 6.66. The van der Waals surface area contributed by atoms with Crippen LogP contribution in [0.25, 0.3) is 0 Å². The van der Waals surface area contributed by atoms with Gasteiger partial charge in [0, 0.05) is 16.9 Å². The van der Waals surface area contributed by atoms with E-state index in [1.54, 1.807) is 6.07 Å². The quantitative estimate of drug-likeness (QED) is 0.785. The number of hydrogen-bond acceptors (Lipinski definition) is 2. The molecule has 1 aromatic rings. The molecular formula is C10H11F2NS. The molecule has 14 heavy (non-hydrogen) atoms. The molecule has 0 radical (unpaired) electrons. The van der Waals surface area contributed by atoms with Crippen LogP contribution in [0.4, 0.5) is 8.78 Å². The van der Waals surface area contributed by atoms with Gasteiger partial charge < -0.3 is 5.73 Å². The maximum Gasteiger partial charge on any atom is 0.288 e. The second kappa shape index (κ2) is 3.87. The predicted octanol–water partition coefficient (Wildman–Crippen LogP) is 2.82. The molecule has 0 aliphatic heterocycles. The van der Waals surface area contributed by atoms with Crippen LogP contribution < -0.4 is 5.73 Å². The first-order valence-electron chi connectivity index (χ1n) is 4.47. The van der Waals surface area contributed by atoms with E-state index in [1.165, 1.54) is 0 Å². The Morgan fingerprint density at radius 2 is 2.14 bits per heavy atom. The molecule has 2 atom stereocenters. The maximum atomic E-state index is 12.1. The van der Waals surface area contributed by atoms with E-state index in [-0.39, 0.29) is 6.04 Å². The van der Waals surface area contributed by atoms with E-state index < -0.39 is 5.76 Å². The van der Waals surface area contributed by atoms with Crippen molar-refractivity contribution in [3.8, 4) is 0 Å². The molecule has 0 heterocycles. The van der Waals surface area contributed by atoms with Gasteiger partial charge in [0.1, 0.15) is 0 Å². The van der Waals surface area contributed by atoms with Crippen molar-refractivity contribution in [3.63, 3.8) is 0 Å². The van der Waals surface area contributed by atoms with Gasteiger partial charge in [-0.1, -0.05) is 23.9 Å². The molecule has 1 nitrogen and oxygen atoms in total. The lowest BCUT2D eigenvalue weighted by atomic mass is 10.1. The smallest absolute Gasteiger partial charge is 0.288 e. The number of alkyl halides is 2. The Labute approximate surface area is 85.7 Å². The summed E-state index contributed by atoms with van der Waals surface area (Å²) in [5.41, 5.74) is 6.78. The highest BCUT2D eigenvalue weighted by Gasteiger charge is 2.34. The molecule has 0 saturated heterocycles. The highest BCUT2D eigenvalue weighted by molar-refractivity contribution is 7.99. The van der Waals surface area contributed by atoms with Crippen LogP contribution in [0.1, 0.15) is 17.9 Å². The Morgan fingerprint density at radius 1 is 1.43 bits per heavy atom. The minimum Gasteiger partial charge on any atom is -0.327 e. The van der Waals surface area contributed by atoms with E-state index in [1.807, 2.05) is 18.2 Å². The Kier molecular flexibility index (Phi) is 2.74. The highest BCUT2D eigenvalue weighted by Crippen LogP contribution is 2.40. The fourth-order valence-electron chi connectivity index (χ4n) is 1.52. The Bertz CT molecular complexity index is 330. The summed E-state index contributed by atoms with van der Waals surface area (Å²) in [6.07, 6.45) is 0.975. The Hall–Kier alpha value is -0.610. The van der Waals surface area contributed by atoms with Crippen LogP contribution in [0, 0.1) is 0 Å². The summed E-state index contributed by atoms with van der Waals surface area (Å²) in [4.78, 5) is 0.622. The summed E-state index contributed by atoms with van der Waals surface area (Å²) in [5, 5.41) is 0. The lowest BCUT2D eigenvalue weighted by Crippen LogP contribution is -2.00. The normalized spacial score (nSPS) is 25.4. The summed E-state index contributed by atoms with van der Waals surface area (Å²) in [5.74, 6) is -1.97. The first kappa shape index (κ1) is 9.93. The molecule has 1 aliphatic carbocycles. The average molecular weight is 215 g/mol. The second-order valence-electron chi connectivity index (χ2n) is 3.46. The number of nitrogens with two attached hydrogens (primary N) is 1. The monoisotopic (exact) mass is 215 g/mol. The van der Waals surface area contributed by atoms with Gasteiger partial charge >= 0.3 is 0 Å². The minimum atomic E-state index is -2.35. The summed E-state index contributed by atoms with van der Waals surface area (Å²) in [6.45, 7) is 0. The lowest BCUT2D eigenvalue weighted by Gasteiger charge is -2.03. The van der Waals surface area contributed by atoms with E-state index in [2.05, 4.69) is 0 Å². The lowest BCUT2D eigenvalue weighted by molar-refractivity contribution is 0.252. The summed E-state index contributed by atoms with van der Waals surface area (Å²) < 4.78 is 24.2. The van der Waals surface area contributed by atoms with Crippen LogP contribution in [0.5, 0.6) is 0 Å². The average Bonchev–Trinajstić information content (AvgIpc) is 2.82. The fraction of sp³-hybridized carbons (Fsp3) is 0.400. The molecule has 4 heteroatoms. The van der Waals surface area contributed by atoms with Crippen molar-refractivity contribution >= 4 is 11.8 Å². The van der Waals surface area contributed by atoms with E-state index in [9.17, 15) is 8.78 Å². The fourth-order valence-corrected chi connectivity index (χ4v) is 2.09. The zero-order valence-electron chi connectivity index (χ0n) is 7.49. The topological polar surface area (TPSA) is 26.0 Å². The third-order valence-corrected chi connectivity index (χ3v) is 3.06. The molecule has 1 aliphatic rings. The molecule has 0 spiro atoms. The molecule has 1 saturated carbocycles. The van der Waals surface area contributed by atoms with Crippen molar-refractivity contribution in [1.82, 2.24) is 0 Å². The summed E-state index contributed by atoms with van der Waals surface area (Å²) in [7, 11) is 0. The first-order valence-corrected chi connectivity index (χ1v) is 5.35. The predicted molar refractivity (Wildman–Crippen MR) is 53.6 cm³/mol. The van der Waals surface area contributed by atoms with Gasteiger partial charge in [-0.3, -0.25) is 0 Å². The zero-order valence-corrected chi connectivity index (χ0v) is 8.31. The number of hydrogen-bond donors (Lipinski definition) is 1. The standard InChI is InChI=1S/C10H11F2NS/c11-10(12)14-7-3-1-2-6(4-7)8-5-9(8)13/h1-4,8-10H,5,13H2/t8-,9+/m0/s1. The van der Waals surface area contributed by atoms with Crippen molar-refractivity contribution in [1.29, 1.82) is 0 Å². The molecule has 0 amide bonds. The van der Waals surface area contributed by atoms with Crippen LogP contribution in [0.3, 0.4) is 0 Å². The maximum absolute atomic E-state index is 12.1. The molecule has 0 bridgehead atoms. The van der Waals surface area contributed by atoms with Gasteiger partial charge in [0.15, 0.2) is 0 Å². The van der Waals surface area contributed by atoms with E-state index in [0.717, 1.165) is 12.0 Å². The zero-order chi connectivity index (χ0) is 10.1. The Morgan fingerprint density at radius 3 is 2.71 bits per heavy atom. The van der Waals surface area contributed by atoms with Crippen molar-refractivity contribution in [3.05, 3.63) is 29.8 Å². The summed E-state index contributed by atoms with van der Waals surface area (Å²) in [6, 6.07) is 7.50. The van der Waals surface area contributed by atoms with Gasteiger partial charge in [0.05, 0.1) is 0 Å². The molecule has 0 unspecified atom stereocenters. The van der Waals surface area contributed by atoms with Crippen molar-refractivity contribution < 1.29 is 8.78 Å². The SMILES string of the molecule is N[C@@H]1C[C@H]1c1cccc(SC(F)F)c1. The number of benzene rings is 1. The highest BCUT2D eigenvalue weighted by atomic mass is 32.2.